The van der Waals surface area contributed by atoms with E-state index in [1.807, 2.05) is 37.3 Å². The predicted octanol–water partition coefficient (Wildman–Crippen LogP) is 5.55. The van der Waals surface area contributed by atoms with Crippen molar-refractivity contribution < 1.29 is 23.1 Å². The minimum absolute atomic E-state index is 0.252. The number of fused-ring (bicyclic) bond motifs is 1. The highest BCUT2D eigenvalue weighted by molar-refractivity contribution is 7.78. The molecule has 1 heterocycles. The summed E-state index contributed by atoms with van der Waals surface area (Å²) in [6, 6.07) is 17.7. The zero-order chi connectivity index (χ0) is 24.9. The third kappa shape index (κ3) is 5.62. The van der Waals surface area contributed by atoms with Gasteiger partial charge in [-0.3, -0.25) is 9.31 Å². The number of halogens is 1. The maximum atomic E-state index is 15.3. The summed E-state index contributed by atoms with van der Waals surface area (Å²) >= 11 is -2.31. The molecule has 0 amide bonds. The summed E-state index contributed by atoms with van der Waals surface area (Å²) in [5.74, 6) is -1.78. The van der Waals surface area contributed by atoms with Crippen molar-refractivity contribution in [3.8, 4) is 0 Å². The Morgan fingerprint density at radius 2 is 1.86 bits per heavy atom. The van der Waals surface area contributed by atoms with Crippen molar-refractivity contribution in [1.82, 2.24) is 10.2 Å². The number of allylic oxidation sites excluding steroid dienone is 1. The SMILES string of the molecule is CC/C(=C(/c1ccc(/C=C/C(=O)O)cc1)c1ccc2[nH]ncc2c1)c1ccc(CS(=O)[O-])cc1F. The van der Waals surface area contributed by atoms with Crippen molar-refractivity contribution in [2.75, 3.05) is 0 Å². The van der Waals surface area contributed by atoms with Crippen molar-refractivity contribution in [2.45, 2.75) is 19.1 Å². The fraction of sp³-hybridized carbons (Fsp3) is 0.111. The number of carbonyl (C=O) groups is 1. The number of aliphatic carboxylic acids is 1. The number of nitrogens with zero attached hydrogens (tertiary/aromatic N) is 1. The summed E-state index contributed by atoms with van der Waals surface area (Å²) in [6.07, 6.45) is 4.82. The Morgan fingerprint density at radius 1 is 1.11 bits per heavy atom. The van der Waals surface area contributed by atoms with Gasteiger partial charge in [-0.2, -0.15) is 5.10 Å². The molecule has 0 radical (unpaired) electrons. The smallest absolute Gasteiger partial charge is 0.328 e. The van der Waals surface area contributed by atoms with Crippen LogP contribution in [0.4, 0.5) is 4.39 Å². The number of hydrogen-bond donors (Lipinski definition) is 2. The summed E-state index contributed by atoms with van der Waals surface area (Å²) in [4.78, 5) is 10.8. The molecule has 4 aromatic rings. The Balaban J connectivity index is 1.90. The van der Waals surface area contributed by atoms with E-state index in [4.69, 9.17) is 5.11 Å². The van der Waals surface area contributed by atoms with Crippen molar-refractivity contribution in [1.29, 1.82) is 0 Å². The van der Waals surface area contributed by atoms with Gasteiger partial charge in [-0.05, 0) is 64.1 Å². The number of aromatic nitrogens is 2. The monoisotopic (exact) mass is 489 g/mol. The van der Waals surface area contributed by atoms with E-state index in [0.29, 0.717) is 17.5 Å². The number of carboxylic acids is 1. The van der Waals surface area contributed by atoms with Crippen molar-refractivity contribution in [3.63, 3.8) is 0 Å². The molecule has 35 heavy (non-hydrogen) atoms. The number of carboxylic acid groups (broad SMARTS) is 1. The molecule has 0 fully saturated rings. The highest BCUT2D eigenvalue weighted by atomic mass is 32.2. The lowest BCUT2D eigenvalue weighted by molar-refractivity contribution is -0.131. The van der Waals surface area contributed by atoms with E-state index >= 15 is 4.39 Å². The summed E-state index contributed by atoms with van der Waals surface area (Å²) in [6.45, 7) is 1.94. The lowest BCUT2D eigenvalue weighted by Gasteiger charge is -2.18. The second-order valence-electron chi connectivity index (χ2n) is 7.93. The Bertz CT molecular complexity index is 1470. The first-order valence-corrected chi connectivity index (χ1v) is 12.1. The quantitative estimate of drug-likeness (QED) is 0.192. The van der Waals surface area contributed by atoms with Gasteiger partial charge in [0.2, 0.25) is 0 Å². The maximum absolute atomic E-state index is 15.3. The fourth-order valence-electron chi connectivity index (χ4n) is 4.07. The molecular formula is C27H22FN2O4S-. The van der Waals surface area contributed by atoms with E-state index in [9.17, 15) is 13.6 Å². The standard InChI is InChI=1S/C27H23FN2O4S/c1-2-22(23-10-5-18(13-24(23)28)16-35(33)34)27(20-9-11-25-21(14-20)15-29-30-25)19-7-3-17(4-8-19)6-12-26(31)32/h3-15H,2,16H2,1H3,(H,29,30)(H,31,32)(H,33,34)/p-1/b12-6+,27-22+. The molecule has 4 rings (SSSR count). The molecular weight excluding hydrogens is 467 g/mol. The first kappa shape index (κ1) is 24.3. The topological polar surface area (TPSA) is 106 Å². The average molecular weight is 490 g/mol. The predicted molar refractivity (Wildman–Crippen MR) is 134 cm³/mol. The second kappa shape index (κ2) is 10.6. The Hall–Kier alpha value is -3.88. The van der Waals surface area contributed by atoms with Gasteiger partial charge in [0.25, 0.3) is 0 Å². The minimum Gasteiger partial charge on any atom is -0.772 e. The zero-order valence-electron chi connectivity index (χ0n) is 18.8. The maximum Gasteiger partial charge on any atom is 0.328 e. The average Bonchev–Trinajstić information content (AvgIpc) is 3.30. The summed E-state index contributed by atoms with van der Waals surface area (Å²) < 4.78 is 37.4. The van der Waals surface area contributed by atoms with E-state index < -0.39 is 22.9 Å². The van der Waals surface area contributed by atoms with Gasteiger partial charge >= 0.3 is 5.97 Å². The molecule has 0 aliphatic carbocycles. The van der Waals surface area contributed by atoms with Gasteiger partial charge in [0.15, 0.2) is 0 Å². The third-order valence-corrected chi connectivity index (χ3v) is 6.21. The number of H-pyrrole nitrogens is 1. The van der Waals surface area contributed by atoms with Gasteiger partial charge in [0.1, 0.15) is 5.82 Å². The van der Waals surface area contributed by atoms with Crippen LogP contribution in [0.5, 0.6) is 0 Å². The van der Waals surface area contributed by atoms with Gasteiger partial charge in [-0.1, -0.05) is 60.5 Å². The highest BCUT2D eigenvalue weighted by Gasteiger charge is 2.17. The molecule has 1 aromatic heterocycles. The van der Waals surface area contributed by atoms with E-state index in [2.05, 4.69) is 10.2 Å². The lowest BCUT2D eigenvalue weighted by Crippen LogP contribution is -2.00. The van der Waals surface area contributed by atoms with Crippen LogP contribution in [0.25, 0.3) is 28.1 Å². The molecule has 0 saturated heterocycles. The molecule has 8 heteroatoms. The molecule has 0 aliphatic rings. The van der Waals surface area contributed by atoms with Gasteiger partial charge in [-0.15, -0.1) is 0 Å². The Labute approximate surface area is 204 Å². The van der Waals surface area contributed by atoms with Crippen molar-refractivity contribution in [2.24, 2.45) is 0 Å². The van der Waals surface area contributed by atoms with Crippen LogP contribution in [-0.2, 0) is 21.6 Å². The third-order valence-electron chi connectivity index (χ3n) is 5.65. The number of benzene rings is 3. The molecule has 6 nitrogen and oxygen atoms in total. The molecule has 0 spiro atoms. The number of nitrogens with one attached hydrogen (secondary N) is 1. The van der Waals surface area contributed by atoms with Crippen LogP contribution in [-0.4, -0.2) is 30.0 Å². The first-order valence-electron chi connectivity index (χ1n) is 10.9. The molecule has 0 saturated carbocycles. The summed E-state index contributed by atoms with van der Waals surface area (Å²) in [5.41, 5.74) is 5.66. The van der Waals surface area contributed by atoms with Crippen LogP contribution in [0.1, 0.15) is 41.2 Å². The van der Waals surface area contributed by atoms with E-state index in [0.717, 1.165) is 44.8 Å². The number of hydrogen-bond acceptors (Lipinski definition) is 4. The number of aromatic amines is 1. The molecule has 2 N–H and O–H groups in total. The highest BCUT2D eigenvalue weighted by Crippen LogP contribution is 2.36. The van der Waals surface area contributed by atoms with Gasteiger partial charge < -0.3 is 9.66 Å². The second-order valence-corrected chi connectivity index (χ2v) is 8.83. The number of rotatable bonds is 8. The summed E-state index contributed by atoms with van der Waals surface area (Å²) in [5, 5.41) is 16.8. The largest absolute Gasteiger partial charge is 0.772 e. The molecule has 178 valence electrons. The lowest BCUT2D eigenvalue weighted by atomic mass is 9.87. The van der Waals surface area contributed by atoms with Crippen molar-refractivity contribution >= 4 is 45.2 Å². The minimum atomic E-state index is -2.31. The molecule has 3 aromatic carbocycles. The van der Waals surface area contributed by atoms with Crippen LogP contribution in [0.2, 0.25) is 0 Å². The zero-order valence-corrected chi connectivity index (χ0v) is 19.6. The Morgan fingerprint density at radius 3 is 2.51 bits per heavy atom. The Kier molecular flexibility index (Phi) is 7.33. The summed E-state index contributed by atoms with van der Waals surface area (Å²) in [7, 11) is 0. The molecule has 0 bridgehead atoms. The van der Waals surface area contributed by atoms with E-state index in [-0.39, 0.29) is 5.75 Å². The normalized spacial score (nSPS) is 13.2. The van der Waals surface area contributed by atoms with Crippen LogP contribution in [0.15, 0.2) is 72.9 Å². The van der Waals surface area contributed by atoms with Crippen LogP contribution in [0, 0.1) is 5.82 Å². The van der Waals surface area contributed by atoms with Gasteiger partial charge in [-0.25, -0.2) is 9.18 Å². The van der Waals surface area contributed by atoms with Gasteiger partial charge in [0, 0.05) is 22.8 Å². The van der Waals surface area contributed by atoms with Crippen LogP contribution >= 0.6 is 0 Å². The van der Waals surface area contributed by atoms with Crippen LogP contribution < -0.4 is 0 Å². The first-order chi connectivity index (χ1) is 16.9. The van der Waals surface area contributed by atoms with Crippen LogP contribution in [0.3, 0.4) is 0 Å². The molecule has 1 atom stereocenters. The van der Waals surface area contributed by atoms with Crippen molar-refractivity contribution in [3.05, 3.63) is 107 Å². The van der Waals surface area contributed by atoms with E-state index in [1.54, 1.807) is 30.5 Å². The molecule has 1 unspecified atom stereocenters. The van der Waals surface area contributed by atoms with Gasteiger partial charge in [0.05, 0.1) is 11.7 Å². The van der Waals surface area contributed by atoms with E-state index in [1.165, 1.54) is 12.1 Å². The fourth-order valence-corrected chi connectivity index (χ4v) is 4.52. The molecule has 0 aliphatic heterocycles.